The average molecular weight is 276 g/mol. The van der Waals surface area contributed by atoms with Crippen LogP contribution in [0.1, 0.15) is 32.1 Å². The van der Waals surface area contributed by atoms with Crippen molar-refractivity contribution in [1.29, 1.82) is 0 Å². The number of nitrogens with one attached hydrogen (secondary N) is 1. The molecule has 2 rings (SSSR count). The lowest BCUT2D eigenvalue weighted by atomic mass is 10.0. The van der Waals surface area contributed by atoms with Crippen LogP contribution in [0, 0.1) is 5.92 Å². The Bertz CT molecular complexity index is 283. The normalized spacial score (nSPS) is 17.5. The minimum atomic E-state index is 0.848. The minimum absolute atomic E-state index is 0.848. The molecule has 14 heavy (non-hydrogen) atoms. The molecule has 1 aliphatic carbocycles. The van der Waals surface area contributed by atoms with Crippen LogP contribution in [0.25, 0.3) is 0 Å². The summed E-state index contributed by atoms with van der Waals surface area (Å²) in [6.45, 7) is 1.03. The number of hydrogen-bond donors (Lipinski definition) is 1. The SMILES string of the molecule is Brc1nnc(NCCC2CCCC2)s1. The van der Waals surface area contributed by atoms with Gasteiger partial charge in [-0.25, -0.2) is 0 Å². The first-order valence-electron chi connectivity index (χ1n) is 5.07. The summed E-state index contributed by atoms with van der Waals surface area (Å²) in [7, 11) is 0. The van der Waals surface area contributed by atoms with Crippen LogP contribution in [-0.4, -0.2) is 16.7 Å². The largest absolute Gasteiger partial charge is 0.360 e. The van der Waals surface area contributed by atoms with Gasteiger partial charge in [0, 0.05) is 6.54 Å². The van der Waals surface area contributed by atoms with E-state index in [1.54, 1.807) is 11.3 Å². The van der Waals surface area contributed by atoms with Gasteiger partial charge in [-0.05, 0) is 28.3 Å². The Balaban J connectivity index is 1.67. The van der Waals surface area contributed by atoms with Crippen molar-refractivity contribution in [3.05, 3.63) is 3.92 Å². The highest BCUT2D eigenvalue weighted by atomic mass is 79.9. The molecule has 1 fully saturated rings. The first-order chi connectivity index (χ1) is 6.84. The van der Waals surface area contributed by atoms with Gasteiger partial charge < -0.3 is 5.32 Å². The molecule has 0 aliphatic heterocycles. The molecule has 1 aromatic heterocycles. The van der Waals surface area contributed by atoms with Crippen molar-refractivity contribution in [2.24, 2.45) is 5.92 Å². The maximum atomic E-state index is 3.99. The fourth-order valence-corrected chi connectivity index (χ4v) is 3.00. The van der Waals surface area contributed by atoms with Crippen LogP contribution in [0.15, 0.2) is 3.92 Å². The molecular formula is C9H14BrN3S. The second kappa shape index (κ2) is 5.07. The quantitative estimate of drug-likeness (QED) is 0.917. The zero-order valence-corrected chi connectivity index (χ0v) is 10.4. The summed E-state index contributed by atoms with van der Waals surface area (Å²) in [5.74, 6) is 0.943. The highest BCUT2D eigenvalue weighted by Crippen LogP contribution is 2.27. The van der Waals surface area contributed by atoms with E-state index in [0.717, 1.165) is 21.5 Å². The third kappa shape index (κ3) is 2.92. The lowest BCUT2D eigenvalue weighted by Gasteiger charge is -2.07. The second-order valence-corrected chi connectivity index (χ2v) is 5.98. The smallest absolute Gasteiger partial charge is 0.206 e. The van der Waals surface area contributed by atoms with E-state index in [2.05, 4.69) is 31.4 Å². The van der Waals surface area contributed by atoms with E-state index in [1.807, 2.05) is 0 Å². The van der Waals surface area contributed by atoms with Crippen LogP contribution in [-0.2, 0) is 0 Å². The Morgan fingerprint density at radius 3 is 2.79 bits per heavy atom. The fraction of sp³-hybridized carbons (Fsp3) is 0.778. The van der Waals surface area contributed by atoms with E-state index in [-0.39, 0.29) is 0 Å². The summed E-state index contributed by atoms with van der Waals surface area (Å²) in [6, 6.07) is 0. The number of aromatic nitrogens is 2. The lowest BCUT2D eigenvalue weighted by Crippen LogP contribution is -2.06. The summed E-state index contributed by atoms with van der Waals surface area (Å²) >= 11 is 4.85. The number of hydrogen-bond acceptors (Lipinski definition) is 4. The van der Waals surface area contributed by atoms with Gasteiger partial charge in [0.25, 0.3) is 0 Å². The van der Waals surface area contributed by atoms with Crippen LogP contribution >= 0.6 is 27.3 Å². The van der Waals surface area contributed by atoms with Crippen molar-refractivity contribution in [1.82, 2.24) is 10.2 Å². The summed E-state index contributed by atoms with van der Waals surface area (Å²) in [5, 5.41) is 12.1. The predicted molar refractivity (Wildman–Crippen MR) is 62.7 cm³/mol. The van der Waals surface area contributed by atoms with Crippen molar-refractivity contribution < 1.29 is 0 Å². The van der Waals surface area contributed by atoms with Gasteiger partial charge in [-0.1, -0.05) is 37.0 Å². The molecule has 0 aromatic carbocycles. The van der Waals surface area contributed by atoms with Crippen LogP contribution in [0.2, 0.25) is 0 Å². The molecule has 3 nitrogen and oxygen atoms in total. The van der Waals surface area contributed by atoms with Crippen LogP contribution in [0.4, 0.5) is 5.13 Å². The van der Waals surface area contributed by atoms with E-state index in [9.17, 15) is 0 Å². The Morgan fingerprint density at radius 2 is 2.14 bits per heavy atom. The number of nitrogens with zero attached hydrogens (tertiary/aromatic N) is 2. The molecule has 1 saturated carbocycles. The Hall–Kier alpha value is -0.160. The molecule has 1 aliphatic rings. The van der Waals surface area contributed by atoms with E-state index >= 15 is 0 Å². The lowest BCUT2D eigenvalue weighted by molar-refractivity contribution is 0.518. The summed E-state index contributed by atoms with van der Waals surface area (Å²) in [5.41, 5.74) is 0. The standard InChI is InChI=1S/C9H14BrN3S/c10-8-12-13-9(14-8)11-6-5-7-3-1-2-4-7/h7H,1-6H2,(H,11,13). The monoisotopic (exact) mass is 275 g/mol. The number of anilines is 1. The van der Waals surface area contributed by atoms with Crippen molar-refractivity contribution in [3.8, 4) is 0 Å². The topological polar surface area (TPSA) is 37.8 Å². The van der Waals surface area contributed by atoms with Gasteiger partial charge in [-0.3, -0.25) is 0 Å². The Labute approximate surface area is 96.4 Å². The van der Waals surface area contributed by atoms with Gasteiger partial charge in [-0.15, -0.1) is 10.2 Å². The zero-order valence-electron chi connectivity index (χ0n) is 8.00. The van der Waals surface area contributed by atoms with Gasteiger partial charge in [0.2, 0.25) is 5.13 Å². The van der Waals surface area contributed by atoms with Crippen molar-refractivity contribution in [2.75, 3.05) is 11.9 Å². The Morgan fingerprint density at radius 1 is 1.36 bits per heavy atom. The molecule has 1 N–H and O–H groups in total. The van der Waals surface area contributed by atoms with E-state index in [1.165, 1.54) is 32.1 Å². The maximum absolute atomic E-state index is 3.99. The molecule has 1 heterocycles. The maximum Gasteiger partial charge on any atom is 0.206 e. The Kier molecular flexibility index (Phi) is 3.75. The molecule has 0 saturated heterocycles. The van der Waals surface area contributed by atoms with Gasteiger partial charge in [0.1, 0.15) is 0 Å². The van der Waals surface area contributed by atoms with Crippen molar-refractivity contribution >= 4 is 32.4 Å². The highest BCUT2D eigenvalue weighted by Gasteiger charge is 2.14. The third-order valence-electron chi connectivity index (χ3n) is 2.70. The van der Waals surface area contributed by atoms with Crippen molar-refractivity contribution in [2.45, 2.75) is 32.1 Å². The second-order valence-electron chi connectivity index (χ2n) is 3.73. The first kappa shape index (κ1) is 10.4. The summed E-state index contributed by atoms with van der Waals surface area (Å²) in [6.07, 6.45) is 6.96. The number of rotatable bonds is 4. The third-order valence-corrected chi connectivity index (χ3v) is 4.02. The highest BCUT2D eigenvalue weighted by molar-refractivity contribution is 9.11. The van der Waals surface area contributed by atoms with Gasteiger partial charge >= 0.3 is 0 Å². The van der Waals surface area contributed by atoms with Gasteiger partial charge in [0.15, 0.2) is 3.92 Å². The molecule has 0 atom stereocenters. The predicted octanol–water partition coefficient (Wildman–Crippen LogP) is 3.29. The molecule has 0 unspecified atom stereocenters. The van der Waals surface area contributed by atoms with Gasteiger partial charge in [-0.2, -0.15) is 0 Å². The molecular weight excluding hydrogens is 262 g/mol. The minimum Gasteiger partial charge on any atom is -0.360 e. The molecule has 0 radical (unpaired) electrons. The fourth-order valence-electron chi connectivity index (χ4n) is 1.96. The van der Waals surface area contributed by atoms with Crippen LogP contribution in [0.3, 0.4) is 0 Å². The summed E-state index contributed by atoms with van der Waals surface area (Å²) < 4.78 is 0.848. The average Bonchev–Trinajstić information content (AvgIpc) is 2.77. The molecule has 0 amide bonds. The number of halogens is 1. The zero-order chi connectivity index (χ0) is 9.80. The van der Waals surface area contributed by atoms with Crippen molar-refractivity contribution in [3.63, 3.8) is 0 Å². The van der Waals surface area contributed by atoms with E-state index in [0.29, 0.717) is 0 Å². The van der Waals surface area contributed by atoms with Gasteiger partial charge in [0.05, 0.1) is 0 Å². The first-order valence-corrected chi connectivity index (χ1v) is 6.68. The molecule has 5 heteroatoms. The molecule has 0 bridgehead atoms. The molecule has 0 spiro atoms. The van der Waals surface area contributed by atoms with Crippen LogP contribution < -0.4 is 5.32 Å². The summed E-state index contributed by atoms with van der Waals surface area (Å²) in [4.78, 5) is 0. The van der Waals surface area contributed by atoms with Crippen LogP contribution in [0.5, 0.6) is 0 Å². The van der Waals surface area contributed by atoms with E-state index in [4.69, 9.17) is 0 Å². The molecule has 78 valence electrons. The van der Waals surface area contributed by atoms with E-state index < -0.39 is 0 Å². The molecule has 1 aromatic rings.